The van der Waals surface area contributed by atoms with Gasteiger partial charge in [-0.2, -0.15) is 5.11 Å². The smallest absolute Gasteiger partial charge is 0.270 e. The predicted octanol–water partition coefficient (Wildman–Crippen LogP) is 5.15. The summed E-state index contributed by atoms with van der Waals surface area (Å²) in [7, 11) is 0. The molecule has 2 unspecified atom stereocenters. The van der Waals surface area contributed by atoms with Crippen molar-refractivity contribution >= 4 is 17.7 Å². The van der Waals surface area contributed by atoms with Gasteiger partial charge in [-0.15, -0.1) is 0 Å². The maximum absolute atomic E-state index is 11.7. The van der Waals surface area contributed by atoms with E-state index in [9.17, 15) is 14.9 Å². The number of aldehydes is 1. The summed E-state index contributed by atoms with van der Waals surface area (Å²) in [6.45, 7) is 5.07. The second-order valence-corrected chi connectivity index (χ2v) is 8.56. The third kappa shape index (κ3) is 6.32. The normalized spacial score (nSPS) is 21.2. The quantitative estimate of drug-likeness (QED) is 0.180. The van der Waals surface area contributed by atoms with Crippen LogP contribution in [-0.4, -0.2) is 54.6 Å². The van der Waals surface area contributed by atoms with Crippen molar-refractivity contribution in [3.63, 3.8) is 0 Å². The van der Waals surface area contributed by atoms with Gasteiger partial charge in [0.25, 0.3) is 5.69 Å². The van der Waals surface area contributed by atoms with Crippen molar-refractivity contribution in [3.8, 4) is 0 Å². The number of nitro groups is 1. The molecule has 0 bridgehead atoms. The van der Waals surface area contributed by atoms with Crippen LogP contribution in [0.25, 0.3) is 0 Å². The lowest BCUT2D eigenvalue weighted by Gasteiger charge is -2.38. The SMILES string of the molecule is CCCCCCCCCCC1N=NN(c2ccc([N+](=O)[O-])cc2C=O)C1N1CCOCC1. The highest BCUT2D eigenvalue weighted by atomic mass is 16.6. The standard InChI is InChI=1S/C23H35N5O4/c1-2-3-4-5-6-7-8-9-10-21-23(26-13-15-32-16-14-26)27(25-24-21)22-12-11-20(28(30)31)17-19(22)18-29/h11-12,17-18,21,23H,2-10,13-16H2,1H3. The number of hydrogen-bond donors (Lipinski definition) is 0. The van der Waals surface area contributed by atoms with E-state index in [1.165, 1.54) is 57.1 Å². The van der Waals surface area contributed by atoms with Gasteiger partial charge in [0.2, 0.25) is 0 Å². The van der Waals surface area contributed by atoms with E-state index >= 15 is 0 Å². The highest BCUT2D eigenvalue weighted by Crippen LogP contribution is 2.34. The summed E-state index contributed by atoms with van der Waals surface area (Å²) in [4.78, 5) is 24.6. The minimum Gasteiger partial charge on any atom is -0.379 e. The summed E-state index contributed by atoms with van der Waals surface area (Å²) in [6.07, 6.45) is 11.5. The summed E-state index contributed by atoms with van der Waals surface area (Å²) in [5.41, 5.74) is 0.707. The van der Waals surface area contributed by atoms with Crippen LogP contribution in [0.2, 0.25) is 0 Å². The van der Waals surface area contributed by atoms with E-state index in [1.807, 2.05) is 0 Å². The molecule has 0 radical (unpaired) electrons. The van der Waals surface area contributed by atoms with Gasteiger partial charge in [0, 0.05) is 30.8 Å². The zero-order chi connectivity index (χ0) is 22.8. The van der Waals surface area contributed by atoms with Crippen molar-refractivity contribution in [1.29, 1.82) is 0 Å². The molecule has 1 fully saturated rings. The maximum Gasteiger partial charge on any atom is 0.270 e. The first-order valence-electron chi connectivity index (χ1n) is 11.9. The van der Waals surface area contributed by atoms with Crippen molar-refractivity contribution in [2.24, 2.45) is 10.3 Å². The van der Waals surface area contributed by atoms with Gasteiger partial charge in [-0.1, -0.05) is 63.5 Å². The predicted molar refractivity (Wildman–Crippen MR) is 123 cm³/mol. The molecule has 2 aliphatic heterocycles. The van der Waals surface area contributed by atoms with E-state index in [-0.39, 0.29) is 23.5 Å². The Hall–Kier alpha value is -2.39. The molecule has 32 heavy (non-hydrogen) atoms. The van der Waals surface area contributed by atoms with Crippen molar-refractivity contribution < 1.29 is 14.5 Å². The average molecular weight is 446 g/mol. The Morgan fingerprint density at radius 3 is 2.47 bits per heavy atom. The third-order valence-electron chi connectivity index (χ3n) is 6.26. The zero-order valence-electron chi connectivity index (χ0n) is 19.0. The van der Waals surface area contributed by atoms with Gasteiger partial charge in [-0.3, -0.25) is 19.8 Å². The van der Waals surface area contributed by atoms with Crippen LogP contribution in [-0.2, 0) is 4.74 Å². The number of hydrogen-bond acceptors (Lipinski definition) is 8. The molecule has 9 heteroatoms. The van der Waals surface area contributed by atoms with Gasteiger partial charge in [0.15, 0.2) is 6.29 Å². The number of nitrogens with zero attached hydrogens (tertiary/aromatic N) is 5. The molecular weight excluding hydrogens is 410 g/mol. The molecular formula is C23H35N5O4. The van der Waals surface area contributed by atoms with E-state index in [4.69, 9.17) is 4.74 Å². The lowest BCUT2D eigenvalue weighted by molar-refractivity contribution is -0.384. The van der Waals surface area contributed by atoms with Crippen molar-refractivity contribution in [1.82, 2.24) is 4.90 Å². The molecule has 176 valence electrons. The fourth-order valence-electron chi connectivity index (χ4n) is 4.48. The molecule has 2 atom stereocenters. The van der Waals surface area contributed by atoms with Gasteiger partial charge < -0.3 is 4.74 Å². The topological polar surface area (TPSA) is 101 Å². The fraction of sp³-hybridized carbons (Fsp3) is 0.696. The Balaban J connectivity index is 1.66. The first kappa shape index (κ1) is 24.3. The molecule has 1 saturated heterocycles. The van der Waals surface area contributed by atoms with Crippen LogP contribution in [0.5, 0.6) is 0 Å². The maximum atomic E-state index is 11.7. The number of non-ortho nitro benzene ring substituents is 1. The monoisotopic (exact) mass is 445 g/mol. The number of rotatable bonds is 13. The lowest BCUT2D eigenvalue weighted by atomic mass is 10.0. The number of anilines is 1. The lowest BCUT2D eigenvalue weighted by Crippen LogP contribution is -2.54. The second-order valence-electron chi connectivity index (χ2n) is 8.56. The molecule has 0 aliphatic carbocycles. The summed E-state index contributed by atoms with van der Waals surface area (Å²) in [5, 5.41) is 21.9. The first-order valence-corrected chi connectivity index (χ1v) is 11.9. The number of benzene rings is 1. The molecule has 3 rings (SSSR count). The van der Waals surface area contributed by atoms with Gasteiger partial charge in [-0.25, -0.2) is 5.01 Å². The molecule has 1 aromatic carbocycles. The first-order chi connectivity index (χ1) is 15.7. The van der Waals surface area contributed by atoms with Gasteiger partial charge in [-0.05, 0) is 12.5 Å². The van der Waals surface area contributed by atoms with Gasteiger partial charge in [0.05, 0.1) is 23.8 Å². The van der Waals surface area contributed by atoms with E-state index in [0.717, 1.165) is 25.9 Å². The Morgan fingerprint density at radius 1 is 1.12 bits per heavy atom. The van der Waals surface area contributed by atoms with E-state index in [2.05, 4.69) is 22.2 Å². The summed E-state index contributed by atoms with van der Waals surface area (Å²) < 4.78 is 5.52. The highest BCUT2D eigenvalue weighted by molar-refractivity contribution is 5.86. The molecule has 0 N–H and O–H groups in total. The van der Waals surface area contributed by atoms with Crippen LogP contribution < -0.4 is 5.01 Å². The van der Waals surface area contributed by atoms with E-state index in [1.54, 1.807) is 11.1 Å². The Bertz CT molecular complexity index is 782. The molecule has 0 amide bonds. The largest absolute Gasteiger partial charge is 0.379 e. The van der Waals surface area contributed by atoms with Crippen LogP contribution >= 0.6 is 0 Å². The number of ether oxygens (including phenoxy) is 1. The molecule has 2 aliphatic rings. The third-order valence-corrected chi connectivity index (χ3v) is 6.26. The van der Waals surface area contributed by atoms with Crippen LogP contribution in [0.1, 0.15) is 75.1 Å². The van der Waals surface area contributed by atoms with E-state index in [0.29, 0.717) is 25.2 Å². The minimum absolute atomic E-state index is 0.00267. The summed E-state index contributed by atoms with van der Waals surface area (Å²) in [6, 6.07) is 4.33. The number of carbonyl (C=O) groups excluding carboxylic acids is 1. The Morgan fingerprint density at radius 2 is 1.81 bits per heavy atom. The van der Waals surface area contributed by atoms with Gasteiger partial charge in [0.1, 0.15) is 12.2 Å². The average Bonchev–Trinajstić information content (AvgIpc) is 3.24. The highest BCUT2D eigenvalue weighted by Gasteiger charge is 2.39. The van der Waals surface area contributed by atoms with Crippen molar-refractivity contribution in [2.75, 3.05) is 31.3 Å². The number of morpholine rings is 1. The molecule has 0 spiro atoms. The molecule has 0 saturated carbocycles. The van der Waals surface area contributed by atoms with Crippen LogP contribution in [0.15, 0.2) is 28.5 Å². The van der Waals surface area contributed by atoms with Crippen LogP contribution in [0.4, 0.5) is 11.4 Å². The van der Waals surface area contributed by atoms with Crippen LogP contribution in [0.3, 0.4) is 0 Å². The summed E-state index contributed by atoms with van der Waals surface area (Å²) >= 11 is 0. The Labute approximate surface area is 189 Å². The van der Waals surface area contributed by atoms with Gasteiger partial charge >= 0.3 is 0 Å². The van der Waals surface area contributed by atoms with E-state index < -0.39 is 4.92 Å². The minimum atomic E-state index is -0.493. The number of unbranched alkanes of at least 4 members (excludes halogenated alkanes) is 7. The van der Waals surface area contributed by atoms with Crippen LogP contribution in [0, 0.1) is 10.1 Å². The molecule has 9 nitrogen and oxygen atoms in total. The van der Waals surface area contributed by atoms with Crippen molar-refractivity contribution in [2.45, 2.75) is 76.9 Å². The zero-order valence-corrected chi connectivity index (χ0v) is 19.0. The Kier molecular flexibility index (Phi) is 9.55. The second kappa shape index (κ2) is 12.6. The number of carbonyl (C=O) groups is 1. The van der Waals surface area contributed by atoms with Crippen molar-refractivity contribution in [3.05, 3.63) is 33.9 Å². The molecule has 0 aromatic heterocycles. The molecule has 1 aromatic rings. The number of nitro benzene ring substituents is 1. The fourth-order valence-corrected chi connectivity index (χ4v) is 4.48. The summed E-state index contributed by atoms with van der Waals surface area (Å²) in [5.74, 6) is 0. The molecule has 2 heterocycles.